The molecule has 0 aliphatic carbocycles. The second-order valence-electron chi connectivity index (χ2n) is 3.20. The van der Waals surface area contributed by atoms with Crippen molar-refractivity contribution in [2.24, 2.45) is 0 Å². The zero-order valence-electron chi connectivity index (χ0n) is 7.03. The summed E-state index contributed by atoms with van der Waals surface area (Å²) in [6, 6.07) is 7.88. The fourth-order valence-corrected chi connectivity index (χ4v) is 1.59. The predicted octanol–water partition coefficient (Wildman–Crippen LogP) is 1.54. The van der Waals surface area contributed by atoms with Gasteiger partial charge in [-0.15, -0.1) is 0 Å². The Hall–Kier alpha value is -1.02. The van der Waals surface area contributed by atoms with Crippen LogP contribution in [0.15, 0.2) is 24.3 Å². The van der Waals surface area contributed by atoms with E-state index in [2.05, 4.69) is 0 Å². The maximum absolute atomic E-state index is 9.42. The summed E-state index contributed by atoms with van der Waals surface area (Å²) in [5.74, 6) is 1.07. The van der Waals surface area contributed by atoms with E-state index in [4.69, 9.17) is 4.74 Å². The standard InChI is InChI=1S/C10H12O2/c1-7(11)9-6-12-10-5-3-2-4-8(9)10/h2-5,7,9,11H,6H2,1H3/t7-,9?/m1/s1. The molecule has 2 atom stereocenters. The van der Waals surface area contributed by atoms with Gasteiger partial charge in [-0.1, -0.05) is 18.2 Å². The van der Waals surface area contributed by atoms with Gasteiger partial charge in [-0.25, -0.2) is 0 Å². The Morgan fingerprint density at radius 1 is 1.50 bits per heavy atom. The van der Waals surface area contributed by atoms with Crippen molar-refractivity contribution in [3.63, 3.8) is 0 Å². The molecule has 0 spiro atoms. The van der Waals surface area contributed by atoms with Crippen molar-refractivity contribution in [2.75, 3.05) is 6.61 Å². The van der Waals surface area contributed by atoms with Crippen molar-refractivity contribution in [3.05, 3.63) is 29.8 Å². The Bertz CT molecular complexity index is 281. The number of hydrogen-bond donors (Lipinski definition) is 1. The van der Waals surface area contributed by atoms with Crippen molar-refractivity contribution >= 4 is 0 Å². The van der Waals surface area contributed by atoms with E-state index in [1.54, 1.807) is 6.92 Å². The van der Waals surface area contributed by atoms with Crippen molar-refractivity contribution < 1.29 is 9.84 Å². The third kappa shape index (κ3) is 1.08. The molecule has 1 aromatic rings. The number of benzene rings is 1. The number of ether oxygens (including phenoxy) is 1. The van der Waals surface area contributed by atoms with Gasteiger partial charge in [0.2, 0.25) is 0 Å². The average molecular weight is 164 g/mol. The molecule has 1 heterocycles. The Morgan fingerprint density at radius 3 is 3.00 bits per heavy atom. The summed E-state index contributed by atoms with van der Waals surface area (Å²) in [6.07, 6.45) is -0.325. The second kappa shape index (κ2) is 2.79. The Morgan fingerprint density at radius 2 is 2.25 bits per heavy atom. The van der Waals surface area contributed by atoms with Crippen LogP contribution in [0.5, 0.6) is 5.75 Å². The summed E-state index contributed by atoms with van der Waals surface area (Å²) < 4.78 is 5.41. The molecule has 0 saturated carbocycles. The molecule has 0 amide bonds. The number of para-hydroxylation sites is 1. The minimum absolute atomic E-state index is 0.154. The predicted molar refractivity (Wildman–Crippen MR) is 46.4 cm³/mol. The summed E-state index contributed by atoms with van der Waals surface area (Å²) >= 11 is 0. The van der Waals surface area contributed by atoms with E-state index in [1.165, 1.54) is 0 Å². The van der Waals surface area contributed by atoms with E-state index in [9.17, 15) is 5.11 Å². The molecule has 1 aliphatic rings. The average Bonchev–Trinajstić information content (AvgIpc) is 2.47. The van der Waals surface area contributed by atoms with Gasteiger partial charge in [-0.2, -0.15) is 0 Å². The molecule has 12 heavy (non-hydrogen) atoms. The van der Waals surface area contributed by atoms with Crippen molar-refractivity contribution in [1.29, 1.82) is 0 Å². The van der Waals surface area contributed by atoms with Crippen LogP contribution in [-0.4, -0.2) is 17.8 Å². The highest BCUT2D eigenvalue weighted by molar-refractivity contribution is 5.40. The smallest absolute Gasteiger partial charge is 0.123 e. The Labute approximate surface area is 71.8 Å². The molecule has 2 rings (SSSR count). The van der Waals surface area contributed by atoms with Crippen LogP contribution in [0.3, 0.4) is 0 Å². The first-order chi connectivity index (χ1) is 5.79. The van der Waals surface area contributed by atoms with E-state index >= 15 is 0 Å². The molecule has 0 aromatic heterocycles. The van der Waals surface area contributed by atoms with Crippen molar-refractivity contribution in [2.45, 2.75) is 18.9 Å². The highest BCUT2D eigenvalue weighted by Crippen LogP contribution is 2.35. The van der Waals surface area contributed by atoms with Crippen molar-refractivity contribution in [3.8, 4) is 5.75 Å². The first kappa shape index (κ1) is 7.62. The Balaban J connectivity index is 2.36. The van der Waals surface area contributed by atoms with E-state index < -0.39 is 0 Å². The maximum Gasteiger partial charge on any atom is 0.123 e. The lowest BCUT2D eigenvalue weighted by Gasteiger charge is -2.10. The normalized spacial score (nSPS) is 23.0. The third-order valence-corrected chi connectivity index (χ3v) is 2.32. The van der Waals surface area contributed by atoms with Gasteiger partial charge in [0.05, 0.1) is 12.7 Å². The quantitative estimate of drug-likeness (QED) is 0.682. The summed E-state index contributed by atoms with van der Waals surface area (Å²) in [7, 11) is 0. The first-order valence-corrected chi connectivity index (χ1v) is 4.19. The monoisotopic (exact) mass is 164 g/mol. The van der Waals surface area contributed by atoms with Gasteiger partial charge in [0, 0.05) is 11.5 Å². The molecule has 1 unspecified atom stereocenters. The molecule has 0 radical (unpaired) electrons. The lowest BCUT2D eigenvalue weighted by molar-refractivity contribution is 0.146. The molecule has 2 nitrogen and oxygen atoms in total. The van der Waals surface area contributed by atoms with Crippen LogP contribution in [0, 0.1) is 0 Å². The largest absolute Gasteiger partial charge is 0.493 e. The molecule has 1 N–H and O–H groups in total. The minimum atomic E-state index is -0.325. The number of hydrogen-bond acceptors (Lipinski definition) is 2. The lowest BCUT2D eigenvalue weighted by atomic mass is 9.97. The topological polar surface area (TPSA) is 29.5 Å². The van der Waals surface area contributed by atoms with Gasteiger partial charge in [-0.05, 0) is 13.0 Å². The van der Waals surface area contributed by atoms with Gasteiger partial charge >= 0.3 is 0 Å². The molecular weight excluding hydrogens is 152 g/mol. The van der Waals surface area contributed by atoms with E-state index in [1.807, 2.05) is 24.3 Å². The highest BCUT2D eigenvalue weighted by atomic mass is 16.5. The van der Waals surface area contributed by atoms with Crippen LogP contribution in [0.4, 0.5) is 0 Å². The van der Waals surface area contributed by atoms with Gasteiger partial charge in [0.25, 0.3) is 0 Å². The SMILES string of the molecule is C[C@@H](O)C1COc2ccccc21. The summed E-state index contributed by atoms with van der Waals surface area (Å²) in [6.45, 7) is 2.41. The maximum atomic E-state index is 9.42. The van der Waals surface area contributed by atoms with Crippen LogP contribution in [0.2, 0.25) is 0 Å². The number of fused-ring (bicyclic) bond motifs is 1. The third-order valence-electron chi connectivity index (χ3n) is 2.32. The van der Waals surface area contributed by atoms with Crippen molar-refractivity contribution in [1.82, 2.24) is 0 Å². The molecule has 2 heteroatoms. The van der Waals surface area contributed by atoms with Crippen LogP contribution < -0.4 is 4.74 Å². The number of rotatable bonds is 1. The first-order valence-electron chi connectivity index (χ1n) is 4.19. The summed E-state index contributed by atoms with van der Waals surface area (Å²) in [4.78, 5) is 0. The molecule has 0 bridgehead atoms. The van der Waals surface area contributed by atoms with Gasteiger partial charge < -0.3 is 9.84 Å². The molecule has 0 fully saturated rings. The molecule has 1 aromatic carbocycles. The molecule has 64 valence electrons. The fraction of sp³-hybridized carbons (Fsp3) is 0.400. The van der Waals surface area contributed by atoms with Gasteiger partial charge in [0.15, 0.2) is 0 Å². The lowest BCUT2D eigenvalue weighted by Crippen LogP contribution is -2.15. The highest BCUT2D eigenvalue weighted by Gasteiger charge is 2.26. The zero-order chi connectivity index (χ0) is 8.55. The second-order valence-corrected chi connectivity index (χ2v) is 3.20. The molecule has 1 aliphatic heterocycles. The van der Waals surface area contributed by atoms with E-state index in [0.717, 1.165) is 11.3 Å². The van der Waals surface area contributed by atoms with Gasteiger partial charge in [-0.3, -0.25) is 0 Å². The van der Waals surface area contributed by atoms with Crippen LogP contribution in [0.1, 0.15) is 18.4 Å². The molecule has 0 saturated heterocycles. The van der Waals surface area contributed by atoms with Crippen LogP contribution >= 0.6 is 0 Å². The van der Waals surface area contributed by atoms with E-state index in [-0.39, 0.29) is 12.0 Å². The number of aliphatic hydroxyl groups is 1. The zero-order valence-corrected chi connectivity index (χ0v) is 7.03. The van der Waals surface area contributed by atoms with Gasteiger partial charge in [0.1, 0.15) is 5.75 Å². The Kier molecular flexibility index (Phi) is 1.77. The van der Waals surface area contributed by atoms with Crippen LogP contribution in [0.25, 0.3) is 0 Å². The fourth-order valence-electron chi connectivity index (χ4n) is 1.59. The van der Waals surface area contributed by atoms with Crippen LogP contribution in [-0.2, 0) is 0 Å². The number of aliphatic hydroxyl groups excluding tert-OH is 1. The summed E-state index contributed by atoms with van der Waals surface area (Å²) in [5.41, 5.74) is 1.13. The van der Waals surface area contributed by atoms with E-state index in [0.29, 0.717) is 6.61 Å². The minimum Gasteiger partial charge on any atom is -0.493 e. The summed E-state index contributed by atoms with van der Waals surface area (Å²) in [5, 5.41) is 9.42. The molecular formula is C10H12O2.